The van der Waals surface area contributed by atoms with Crippen molar-refractivity contribution in [1.29, 1.82) is 0 Å². The van der Waals surface area contributed by atoms with Gasteiger partial charge in [0.15, 0.2) is 0 Å². The number of anilines is 1. The van der Waals surface area contributed by atoms with E-state index in [4.69, 9.17) is 9.47 Å². The van der Waals surface area contributed by atoms with Crippen LogP contribution in [0.4, 0.5) is 14.9 Å². The second-order valence-electron chi connectivity index (χ2n) is 8.92. The lowest BCUT2D eigenvalue weighted by atomic mass is 9.91. The molecule has 30 heavy (non-hydrogen) atoms. The highest BCUT2D eigenvalue weighted by Crippen LogP contribution is 2.34. The third-order valence-corrected chi connectivity index (χ3v) is 5.62. The van der Waals surface area contributed by atoms with E-state index in [1.807, 2.05) is 31.7 Å². The first-order valence-electron chi connectivity index (χ1n) is 10.6. The Bertz CT molecular complexity index is 916. The number of rotatable bonds is 2. The molecular formula is C22H29FN4O3. The van der Waals surface area contributed by atoms with E-state index in [2.05, 4.69) is 9.97 Å². The Labute approximate surface area is 176 Å². The molecule has 1 amide bonds. The topological polar surface area (TPSA) is 67.8 Å². The standard InChI is InChI=1S/C22H29FN4O3/c1-22(2,3)30-21(28)27-6-4-15(5-7-27)20-16-12-17(23)19(13-18(16)24-14-25-20)26-8-10-29-11-9-26/h12-15H,4-11H2,1-3H3. The van der Waals surface area contributed by atoms with E-state index in [1.54, 1.807) is 17.3 Å². The average molecular weight is 416 g/mol. The van der Waals surface area contributed by atoms with Gasteiger partial charge in [0, 0.05) is 37.5 Å². The first-order valence-corrected chi connectivity index (χ1v) is 10.6. The molecule has 2 aliphatic rings. The predicted octanol–water partition coefficient (Wildman–Crippen LogP) is 3.72. The molecule has 0 bridgehead atoms. The lowest BCUT2D eigenvalue weighted by molar-refractivity contribution is 0.0204. The Balaban J connectivity index is 1.52. The fourth-order valence-electron chi connectivity index (χ4n) is 4.12. The van der Waals surface area contributed by atoms with Crippen LogP contribution in [0, 0.1) is 5.82 Å². The van der Waals surface area contributed by atoms with Crippen LogP contribution in [0.25, 0.3) is 10.9 Å². The van der Waals surface area contributed by atoms with E-state index in [0.717, 1.165) is 29.4 Å². The predicted molar refractivity (Wildman–Crippen MR) is 112 cm³/mol. The summed E-state index contributed by atoms with van der Waals surface area (Å²) >= 11 is 0. The second kappa shape index (κ2) is 8.34. The fraction of sp³-hybridized carbons (Fsp3) is 0.591. The summed E-state index contributed by atoms with van der Waals surface area (Å²) in [4.78, 5) is 24.9. The van der Waals surface area contributed by atoms with E-state index in [9.17, 15) is 9.18 Å². The van der Waals surface area contributed by atoms with E-state index in [1.165, 1.54) is 0 Å². The van der Waals surface area contributed by atoms with Gasteiger partial charge in [-0.05, 0) is 45.7 Å². The number of ether oxygens (including phenoxy) is 2. The Morgan fingerprint density at radius 1 is 1.13 bits per heavy atom. The number of carbonyl (C=O) groups excluding carboxylic acids is 1. The van der Waals surface area contributed by atoms with Gasteiger partial charge >= 0.3 is 6.09 Å². The molecule has 0 aliphatic carbocycles. The van der Waals surface area contributed by atoms with Crippen molar-refractivity contribution < 1.29 is 18.7 Å². The average Bonchev–Trinajstić information content (AvgIpc) is 2.72. The van der Waals surface area contributed by atoms with Gasteiger partial charge in [-0.1, -0.05) is 0 Å². The number of aromatic nitrogens is 2. The molecule has 4 rings (SSSR count). The van der Waals surface area contributed by atoms with Gasteiger partial charge < -0.3 is 19.3 Å². The Morgan fingerprint density at radius 2 is 1.83 bits per heavy atom. The highest BCUT2D eigenvalue weighted by atomic mass is 19.1. The summed E-state index contributed by atoms with van der Waals surface area (Å²) in [5.41, 5.74) is 1.66. The number of likely N-dealkylation sites (tertiary alicyclic amines) is 1. The minimum atomic E-state index is -0.507. The number of morpholine rings is 1. The zero-order valence-corrected chi connectivity index (χ0v) is 17.9. The summed E-state index contributed by atoms with van der Waals surface area (Å²) in [7, 11) is 0. The number of nitrogens with zero attached hydrogens (tertiary/aromatic N) is 4. The molecule has 3 heterocycles. The molecule has 1 aromatic carbocycles. The lowest BCUT2D eigenvalue weighted by Crippen LogP contribution is -2.41. The maximum Gasteiger partial charge on any atom is 0.410 e. The number of hydrogen-bond acceptors (Lipinski definition) is 6. The van der Waals surface area contributed by atoms with Crippen molar-refractivity contribution in [3.8, 4) is 0 Å². The van der Waals surface area contributed by atoms with Crippen LogP contribution in [-0.2, 0) is 9.47 Å². The first kappa shape index (κ1) is 20.8. The molecule has 7 nitrogen and oxygen atoms in total. The van der Waals surface area contributed by atoms with E-state index < -0.39 is 5.60 Å². The van der Waals surface area contributed by atoms with Crippen LogP contribution >= 0.6 is 0 Å². The molecule has 0 saturated carbocycles. The van der Waals surface area contributed by atoms with Crippen LogP contribution in [0.15, 0.2) is 18.5 Å². The molecule has 0 spiro atoms. The molecular weight excluding hydrogens is 387 g/mol. The van der Waals surface area contributed by atoms with Gasteiger partial charge in [-0.15, -0.1) is 0 Å². The molecule has 1 aromatic heterocycles. The van der Waals surface area contributed by atoms with Crippen LogP contribution < -0.4 is 4.90 Å². The number of halogens is 1. The molecule has 162 valence electrons. The fourth-order valence-corrected chi connectivity index (χ4v) is 4.12. The molecule has 0 radical (unpaired) electrons. The van der Waals surface area contributed by atoms with E-state index >= 15 is 0 Å². The molecule has 0 unspecified atom stereocenters. The van der Waals surface area contributed by atoms with Crippen molar-refractivity contribution in [1.82, 2.24) is 14.9 Å². The molecule has 8 heteroatoms. The van der Waals surface area contributed by atoms with Crippen LogP contribution in [0.1, 0.15) is 45.2 Å². The zero-order chi connectivity index (χ0) is 21.3. The van der Waals surface area contributed by atoms with Crippen molar-refractivity contribution in [3.05, 3.63) is 30.0 Å². The molecule has 0 atom stereocenters. The van der Waals surface area contributed by atoms with E-state index in [0.29, 0.717) is 45.1 Å². The van der Waals surface area contributed by atoms with Gasteiger partial charge in [-0.2, -0.15) is 0 Å². The SMILES string of the molecule is CC(C)(C)OC(=O)N1CCC(c2ncnc3cc(N4CCOCC4)c(F)cc23)CC1. The maximum atomic E-state index is 15.0. The third kappa shape index (κ3) is 4.48. The first-order chi connectivity index (χ1) is 14.3. The Kier molecular flexibility index (Phi) is 5.77. The van der Waals surface area contributed by atoms with Crippen LogP contribution in [0.2, 0.25) is 0 Å². The smallest absolute Gasteiger partial charge is 0.410 e. The molecule has 2 fully saturated rings. The van der Waals surface area contributed by atoms with Crippen molar-refractivity contribution in [2.45, 2.75) is 45.1 Å². The van der Waals surface area contributed by atoms with Crippen LogP contribution in [0.5, 0.6) is 0 Å². The monoisotopic (exact) mass is 416 g/mol. The van der Waals surface area contributed by atoms with Crippen molar-refractivity contribution in [3.63, 3.8) is 0 Å². The summed E-state index contributed by atoms with van der Waals surface area (Å²) in [6, 6.07) is 3.38. The van der Waals surface area contributed by atoms with Gasteiger partial charge in [0.25, 0.3) is 0 Å². The van der Waals surface area contributed by atoms with Crippen molar-refractivity contribution in [2.24, 2.45) is 0 Å². The Morgan fingerprint density at radius 3 is 2.50 bits per heavy atom. The largest absolute Gasteiger partial charge is 0.444 e. The van der Waals surface area contributed by atoms with Gasteiger partial charge in [-0.3, -0.25) is 0 Å². The normalized spacial score (nSPS) is 18.7. The molecule has 2 aromatic rings. The number of piperidine rings is 1. The number of benzene rings is 1. The number of hydrogen-bond donors (Lipinski definition) is 0. The minimum Gasteiger partial charge on any atom is -0.444 e. The summed E-state index contributed by atoms with van der Waals surface area (Å²) in [6.45, 7) is 9.33. The summed E-state index contributed by atoms with van der Waals surface area (Å²) in [5.74, 6) is -0.102. The van der Waals surface area contributed by atoms with Gasteiger partial charge in [0.1, 0.15) is 17.7 Å². The zero-order valence-electron chi connectivity index (χ0n) is 17.9. The number of amides is 1. The van der Waals surface area contributed by atoms with Gasteiger partial charge in [0.2, 0.25) is 0 Å². The van der Waals surface area contributed by atoms with E-state index in [-0.39, 0.29) is 17.8 Å². The summed E-state index contributed by atoms with van der Waals surface area (Å²) in [6.07, 6.45) is 2.80. The summed E-state index contributed by atoms with van der Waals surface area (Å²) < 4.78 is 25.8. The molecule has 2 aliphatic heterocycles. The quantitative estimate of drug-likeness (QED) is 0.743. The molecule has 2 saturated heterocycles. The van der Waals surface area contributed by atoms with Crippen molar-refractivity contribution in [2.75, 3.05) is 44.3 Å². The van der Waals surface area contributed by atoms with Crippen LogP contribution in [-0.4, -0.2) is 66.0 Å². The minimum absolute atomic E-state index is 0.155. The third-order valence-electron chi connectivity index (χ3n) is 5.62. The Hall–Kier alpha value is -2.48. The maximum absolute atomic E-state index is 15.0. The van der Waals surface area contributed by atoms with Gasteiger partial charge in [0.05, 0.1) is 30.1 Å². The van der Waals surface area contributed by atoms with Crippen molar-refractivity contribution >= 4 is 22.7 Å². The highest BCUT2D eigenvalue weighted by Gasteiger charge is 2.29. The number of carbonyl (C=O) groups is 1. The second-order valence-corrected chi connectivity index (χ2v) is 8.92. The lowest BCUT2D eigenvalue weighted by Gasteiger charge is -2.33. The highest BCUT2D eigenvalue weighted by molar-refractivity contribution is 5.85. The number of fused-ring (bicyclic) bond motifs is 1. The van der Waals surface area contributed by atoms with Gasteiger partial charge in [-0.25, -0.2) is 19.2 Å². The van der Waals surface area contributed by atoms with Crippen LogP contribution in [0.3, 0.4) is 0 Å². The summed E-state index contributed by atoms with van der Waals surface area (Å²) in [5, 5.41) is 0.753. The molecule has 0 N–H and O–H groups in total.